The van der Waals surface area contributed by atoms with Crippen LogP contribution in [0.15, 0.2) is 48.5 Å². The second-order valence-electron chi connectivity index (χ2n) is 4.58. The molecule has 0 aliphatic rings. The number of hydrogen-bond donors (Lipinski definition) is 1. The molecular formula is C16H18ClNO2. The van der Waals surface area contributed by atoms with Crippen molar-refractivity contribution in [3.8, 4) is 11.5 Å². The largest absolute Gasteiger partial charge is 0.497 e. The van der Waals surface area contributed by atoms with E-state index in [4.69, 9.17) is 26.8 Å². The Morgan fingerprint density at radius 1 is 0.950 bits per heavy atom. The van der Waals surface area contributed by atoms with Gasteiger partial charge < -0.3 is 15.2 Å². The van der Waals surface area contributed by atoms with E-state index in [1.807, 2.05) is 43.3 Å². The second kappa shape index (κ2) is 6.64. The first kappa shape index (κ1) is 14.7. The third-order valence-corrected chi connectivity index (χ3v) is 3.39. The molecule has 0 spiro atoms. The zero-order valence-corrected chi connectivity index (χ0v) is 12.3. The third-order valence-electron chi connectivity index (χ3n) is 3.14. The summed E-state index contributed by atoms with van der Waals surface area (Å²) in [4.78, 5) is 0. The summed E-state index contributed by atoms with van der Waals surface area (Å²) in [6, 6.07) is 14.7. The predicted molar refractivity (Wildman–Crippen MR) is 81.5 cm³/mol. The van der Waals surface area contributed by atoms with Gasteiger partial charge in [0.05, 0.1) is 13.2 Å². The second-order valence-corrected chi connectivity index (χ2v) is 5.01. The summed E-state index contributed by atoms with van der Waals surface area (Å²) < 4.78 is 11.0. The normalized spacial score (nSPS) is 13.6. The van der Waals surface area contributed by atoms with Crippen molar-refractivity contribution in [3.63, 3.8) is 0 Å². The highest BCUT2D eigenvalue weighted by atomic mass is 35.5. The Labute approximate surface area is 124 Å². The van der Waals surface area contributed by atoms with E-state index in [2.05, 4.69) is 0 Å². The molecule has 0 saturated heterocycles. The highest BCUT2D eigenvalue weighted by molar-refractivity contribution is 6.30. The van der Waals surface area contributed by atoms with Crippen LogP contribution in [0.1, 0.15) is 18.5 Å². The maximum absolute atomic E-state index is 6.22. The lowest BCUT2D eigenvalue weighted by atomic mass is 10.0. The number of benzene rings is 2. The Morgan fingerprint density at radius 2 is 1.50 bits per heavy atom. The lowest BCUT2D eigenvalue weighted by molar-refractivity contribution is 0.190. The van der Waals surface area contributed by atoms with E-state index < -0.39 is 0 Å². The van der Waals surface area contributed by atoms with E-state index in [1.54, 1.807) is 19.2 Å². The molecule has 0 aliphatic heterocycles. The molecule has 2 unspecified atom stereocenters. The summed E-state index contributed by atoms with van der Waals surface area (Å²) in [5, 5.41) is 0.685. The van der Waals surface area contributed by atoms with E-state index in [0.29, 0.717) is 5.02 Å². The lowest BCUT2D eigenvalue weighted by Gasteiger charge is -2.22. The average molecular weight is 292 g/mol. The Morgan fingerprint density at radius 3 is 2.05 bits per heavy atom. The minimum Gasteiger partial charge on any atom is -0.497 e. The predicted octanol–water partition coefficient (Wildman–Crippen LogP) is 3.82. The van der Waals surface area contributed by atoms with Gasteiger partial charge in [0.25, 0.3) is 0 Å². The molecule has 0 aromatic heterocycles. The highest BCUT2D eigenvalue weighted by Crippen LogP contribution is 2.23. The quantitative estimate of drug-likeness (QED) is 0.911. The van der Waals surface area contributed by atoms with Crippen molar-refractivity contribution in [3.05, 3.63) is 59.1 Å². The van der Waals surface area contributed by atoms with E-state index in [1.165, 1.54) is 0 Å². The number of rotatable bonds is 5. The summed E-state index contributed by atoms with van der Waals surface area (Å²) in [6.45, 7) is 1.95. The van der Waals surface area contributed by atoms with Gasteiger partial charge in [0.2, 0.25) is 0 Å². The van der Waals surface area contributed by atoms with Crippen LogP contribution < -0.4 is 15.2 Å². The summed E-state index contributed by atoms with van der Waals surface area (Å²) in [5.41, 5.74) is 7.22. The molecule has 2 aromatic rings. The van der Waals surface area contributed by atoms with Crippen molar-refractivity contribution in [2.75, 3.05) is 7.11 Å². The monoisotopic (exact) mass is 291 g/mol. The fourth-order valence-corrected chi connectivity index (χ4v) is 2.02. The molecule has 0 radical (unpaired) electrons. The molecular weight excluding hydrogens is 274 g/mol. The SMILES string of the molecule is COc1ccc(C(N)C(C)Oc2ccc(Cl)cc2)cc1. The number of nitrogens with two attached hydrogens (primary N) is 1. The average Bonchev–Trinajstić information content (AvgIpc) is 2.49. The Hall–Kier alpha value is -1.71. The topological polar surface area (TPSA) is 44.5 Å². The summed E-state index contributed by atoms with van der Waals surface area (Å²) in [5.74, 6) is 1.57. The van der Waals surface area contributed by atoms with Gasteiger partial charge in [-0.05, 0) is 48.9 Å². The smallest absolute Gasteiger partial charge is 0.119 e. The van der Waals surface area contributed by atoms with Gasteiger partial charge in [0.1, 0.15) is 17.6 Å². The van der Waals surface area contributed by atoms with Gasteiger partial charge in [-0.3, -0.25) is 0 Å². The maximum Gasteiger partial charge on any atom is 0.119 e. The molecule has 0 aliphatic carbocycles. The van der Waals surface area contributed by atoms with E-state index in [-0.39, 0.29) is 12.1 Å². The first-order valence-electron chi connectivity index (χ1n) is 6.42. The van der Waals surface area contributed by atoms with Gasteiger partial charge in [0.15, 0.2) is 0 Å². The summed E-state index contributed by atoms with van der Waals surface area (Å²) >= 11 is 5.84. The fourth-order valence-electron chi connectivity index (χ4n) is 1.90. The van der Waals surface area contributed by atoms with Gasteiger partial charge in [-0.15, -0.1) is 0 Å². The lowest BCUT2D eigenvalue weighted by Crippen LogP contribution is -2.28. The molecule has 3 nitrogen and oxygen atoms in total. The van der Waals surface area contributed by atoms with Crippen LogP contribution in [-0.2, 0) is 0 Å². The van der Waals surface area contributed by atoms with Crippen molar-refractivity contribution in [1.29, 1.82) is 0 Å². The minimum absolute atomic E-state index is 0.149. The van der Waals surface area contributed by atoms with Crippen LogP contribution >= 0.6 is 11.6 Å². The Balaban J connectivity index is 2.03. The molecule has 2 atom stereocenters. The minimum atomic E-state index is -0.211. The molecule has 20 heavy (non-hydrogen) atoms. The highest BCUT2D eigenvalue weighted by Gasteiger charge is 2.16. The van der Waals surface area contributed by atoms with E-state index in [0.717, 1.165) is 17.1 Å². The zero-order chi connectivity index (χ0) is 14.5. The molecule has 106 valence electrons. The molecule has 0 amide bonds. The Bertz CT molecular complexity index is 539. The Kier molecular flexibility index (Phi) is 4.88. The maximum atomic E-state index is 6.22. The van der Waals surface area contributed by atoms with E-state index in [9.17, 15) is 0 Å². The first-order chi connectivity index (χ1) is 9.60. The van der Waals surface area contributed by atoms with Crippen LogP contribution in [0.25, 0.3) is 0 Å². The van der Waals surface area contributed by atoms with Crippen molar-refractivity contribution in [2.45, 2.75) is 19.1 Å². The molecule has 2 aromatic carbocycles. The molecule has 2 rings (SSSR count). The van der Waals surface area contributed by atoms with Crippen LogP contribution in [0, 0.1) is 0 Å². The molecule has 0 fully saturated rings. The number of halogens is 1. The summed E-state index contributed by atoms with van der Waals surface area (Å²) in [6.07, 6.45) is -0.149. The zero-order valence-electron chi connectivity index (χ0n) is 11.5. The molecule has 2 N–H and O–H groups in total. The number of hydrogen-bond acceptors (Lipinski definition) is 3. The molecule has 0 heterocycles. The standard InChI is InChI=1S/C16H18ClNO2/c1-11(20-15-9-5-13(17)6-10-15)16(18)12-3-7-14(19-2)8-4-12/h3-11,16H,18H2,1-2H3. The van der Waals surface area contributed by atoms with Crippen LogP contribution in [0.2, 0.25) is 5.02 Å². The first-order valence-corrected chi connectivity index (χ1v) is 6.79. The van der Waals surface area contributed by atoms with Crippen molar-refractivity contribution >= 4 is 11.6 Å². The van der Waals surface area contributed by atoms with Crippen LogP contribution in [-0.4, -0.2) is 13.2 Å². The van der Waals surface area contributed by atoms with E-state index >= 15 is 0 Å². The molecule has 0 saturated carbocycles. The summed E-state index contributed by atoms with van der Waals surface area (Å²) in [7, 11) is 1.64. The van der Waals surface area contributed by atoms with Gasteiger partial charge in [-0.1, -0.05) is 23.7 Å². The van der Waals surface area contributed by atoms with Gasteiger partial charge in [-0.25, -0.2) is 0 Å². The third kappa shape index (κ3) is 3.65. The van der Waals surface area contributed by atoms with Crippen molar-refractivity contribution < 1.29 is 9.47 Å². The number of ether oxygens (including phenoxy) is 2. The van der Waals surface area contributed by atoms with Crippen molar-refractivity contribution in [2.24, 2.45) is 5.73 Å². The van der Waals surface area contributed by atoms with Gasteiger partial charge >= 0.3 is 0 Å². The number of methoxy groups -OCH3 is 1. The molecule has 4 heteroatoms. The van der Waals surface area contributed by atoms with Gasteiger partial charge in [-0.2, -0.15) is 0 Å². The van der Waals surface area contributed by atoms with Crippen LogP contribution in [0.5, 0.6) is 11.5 Å². The van der Waals surface area contributed by atoms with Crippen molar-refractivity contribution in [1.82, 2.24) is 0 Å². The fraction of sp³-hybridized carbons (Fsp3) is 0.250. The van der Waals surface area contributed by atoms with Gasteiger partial charge in [0, 0.05) is 5.02 Å². The van der Waals surface area contributed by atoms with Crippen LogP contribution in [0.3, 0.4) is 0 Å². The van der Waals surface area contributed by atoms with Crippen LogP contribution in [0.4, 0.5) is 0 Å². The molecule has 0 bridgehead atoms.